The van der Waals surface area contributed by atoms with Crippen LogP contribution in [-0.2, 0) is 0 Å². The minimum Gasteiger partial charge on any atom is -0.261 e. The molecule has 0 N–H and O–H groups in total. The predicted molar refractivity (Wildman–Crippen MR) is 84.6 cm³/mol. The molecule has 0 radical (unpaired) electrons. The summed E-state index contributed by atoms with van der Waals surface area (Å²) in [6.45, 7) is 0. The summed E-state index contributed by atoms with van der Waals surface area (Å²) in [5, 5.41) is 19.0. The SMILES string of the molecule is N#C[C@H]1CC[C@H](C#N)N1C(c1ccccc1)c1ccccc1. The van der Waals surface area contributed by atoms with Crippen LogP contribution in [0.2, 0.25) is 0 Å². The van der Waals surface area contributed by atoms with E-state index in [4.69, 9.17) is 0 Å². The van der Waals surface area contributed by atoms with E-state index in [0.717, 1.165) is 24.0 Å². The van der Waals surface area contributed by atoms with Crippen LogP contribution in [0.15, 0.2) is 60.7 Å². The molecule has 3 nitrogen and oxygen atoms in total. The fourth-order valence-corrected chi connectivity index (χ4v) is 3.26. The molecular weight excluding hydrogens is 270 g/mol. The molecule has 2 aromatic rings. The Morgan fingerprint density at radius 2 is 1.18 bits per heavy atom. The molecule has 3 rings (SSSR count). The van der Waals surface area contributed by atoms with Crippen LogP contribution in [0.3, 0.4) is 0 Å². The van der Waals surface area contributed by atoms with Gasteiger partial charge in [-0.15, -0.1) is 0 Å². The van der Waals surface area contributed by atoms with Crippen LogP contribution in [0.1, 0.15) is 30.0 Å². The Kier molecular flexibility index (Phi) is 4.19. The van der Waals surface area contributed by atoms with Gasteiger partial charge in [0.2, 0.25) is 0 Å². The van der Waals surface area contributed by atoms with E-state index < -0.39 is 0 Å². The number of nitriles is 2. The van der Waals surface area contributed by atoms with Gasteiger partial charge in [0, 0.05) is 0 Å². The Balaban J connectivity index is 2.10. The summed E-state index contributed by atoms with van der Waals surface area (Å²) in [7, 11) is 0. The standard InChI is InChI=1S/C19H17N3/c20-13-17-11-12-18(14-21)22(17)19(15-7-3-1-4-8-15)16-9-5-2-6-10-16/h1-10,17-19H,11-12H2/t17-,18-/m1/s1. The molecule has 108 valence electrons. The van der Waals surface area contributed by atoms with Crippen molar-refractivity contribution in [2.45, 2.75) is 31.0 Å². The van der Waals surface area contributed by atoms with Gasteiger partial charge in [-0.05, 0) is 24.0 Å². The number of benzene rings is 2. The molecule has 1 aliphatic heterocycles. The summed E-state index contributed by atoms with van der Waals surface area (Å²) in [5.41, 5.74) is 2.24. The summed E-state index contributed by atoms with van der Waals surface area (Å²) in [5.74, 6) is 0. The number of hydrogen-bond acceptors (Lipinski definition) is 3. The average Bonchev–Trinajstić information content (AvgIpc) is 3.00. The lowest BCUT2D eigenvalue weighted by Crippen LogP contribution is -2.38. The molecule has 1 fully saturated rings. The fourth-order valence-electron chi connectivity index (χ4n) is 3.26. The third kappa shape index (κ3) is 2.60. The van der Waals surface area contributed by atoms with Gasteiger partial charge in [-0.2, -0.15) is 10.5 Å². The monoisotopic (exact) mass is 287 g/mol. The first-order valence-electron chi connectivity index (χ1n) is 7.51. The maximum Gasteiger partial charge on any atom is 0.0996 e. The molecule has 3 heteroatoms. The lowest BCUT2D eigenvalue weighted by Gasteiger charge is -2.33. The van der Waals surface area contributed by atoms with Gasteiger partial charge in [0.15, 0.2) is 0 Å². The third-order valence-corrected chi connectivity index (χ3v) is 4.26. The molecule has 0 aliphatic carbocycles. The Morgan fingerprint density at radius 1 is 0.773 bits per heavy atom. The van der Waals surface area contributed by atoms with E-state index in [0.29, 0.717) is 0 Å². The van der Waals surface area contributed by atoms with E-state index >= 15 is 0 Å². The molecule has 0 unspecified atom stereocenters. The van der Waals surface area contributed by atoms with Gasteiger partial charge in [0.05, 0.1) is 30.3 Å². The van der Waals surface area contributed by atoms with Gasteiger partial charge < -0.3 is 0 Å². The van der Waals surface area contributed by atoms with E-state index in [-0.39, 0.29) is 18.1 Å². The molecule has 1 heterocycles. The first kappa shape index (κ1) is 14.3. The van der Waals surface area contributed by atoms with E-state index in [1.54, 1.807) is 0 Å². The molecule has 2 aromatic carbocycles. The van der Waals surface area contributed by atoms with Crippen LogP contribution in [0.5, 0.6) is 0 Å². The van der Waals surface area contributed by atoms with Crippen molar-refractivity contribution in [3.05, 3.63) is 71.8 Å². The van der Waals surface area contributed by atoms with Crippen molar-refractivity contribution in [2.24, 2.45) is 0 Å². The van der Waals surface area contributed by atoms with Crippen molar-refractivity contribution < 1.29 is 0 Å². The van der Waals surface area contributed by atoms with Gasteiger partial charge in [0.25, 0.3) is 0 Å². The zero-order valence-electron chi connectivity index (χ0n) is 12.3. The number of rotatable bonds is 3. The van der Waals surface area contributed by atoms with Crippen molar-refractivity contribution >= 4 is 0 Å². The highest BCUT2D eigenvalue weighted by Gasteiger charge is 2.39. The first-order chi connectivity index (χ1) is 10.8. The van der Waals surface area contributed by atoms with E-state index in [2.05, 4.69) is 41.3 Å². The Bertz CT molecular complexity index is 635. The van der Waals surface area contributed by atoms with Crippen LogP contribution in [0.4, 0.5) is 0 Å². The summed E-state index contributed by atoms with van der Waals surface area (Å²) in [4.78, 5) is 2.07. The lowest BCUT2D eigenvalue weighted by atomic mass is 9.95. The molecule has 0 saturated carbocycles. The topological polar surface area (TPSA) is 50.8 Å². The smallest absolute Gasteiger partial charge is 0.0996 e. The Labute approximate surface area is 131 Å². The molecule has 0 spiro atoms. The molecule has 1 saturated heterocycles. The number of nitrogens with zero attached hydrogens (tertiary/aromatic N) is 3. The highest BCUT2D eigenvalue weighted by Crippen LogP contribution is 2.37. The van der Waals surface area contributed by atoms with Crippen molar-refractivity contribution in [3.63, 3.8) is 0 Å². The molecule has 1 aliphatic rings. The quantitative estimate of drug-likeness (QED) is 0.865. The summed E-state index contributed by atoms with van der Waals surface area (Å²) in [6, 6.07) is 24.5. The van der Waals surface area contributed by atoms with Crippen LogP contribution in [0, 0.1) is 22.7 Å². The van der Waals surface area contributed by atoms with Crippen molar-refractivity contribution in [1.29, 1.82) is 10.5 Å². The van der Waals surface area contributed by atoms with Crippen LogP contribution in [0.25, 0.3) is 0 Å². The van der Waals surface area contributed by atoms with Crippen molar-refractivity contribution in [2.75, 3.05) is 0 Å². The Hall–Kier alpha value is -2.62. The molecule has 0 amide bonds. The van der Waals surface area contributed by atoms with Crippen molar-refractivity contribution in [1.82, 2.24) is 4.90 Å². The summed E-state index contributed by atoms with van der Waals surface area (Å²) in [6.07, 6.45) is 1.51. The van der Waals surface area contributed by atoms with Gasteiger partial charge >= 0.3 is 0 Å². The minimum atomic E-state index is -0.213. The number of hydrogen-bond donors (Lipinski definition) is 0. The van der Waals surface area contributed by atoms with E-state index in [1.807, 2.05) is 36.4 Å². The molecule has 2 atom stereocenters. The lowest BCUT2D eigenvalue weighted by molar-refractivity contribution is 0.207. The van der Waals surface area contributed by atoms with Crippen molar-refractivity contribution in [3.8, 4) is 12.1 Å². The molecule has 0 aromatic heterocycles. The summed E-state index contributed by atoms with van der Waals surface area (Å²) < 4.78 is 0. The largest absolute Gasteiger partial charge is 0.261 e. The second-order valence-electron chi connectivity index (χ2n) is 5.54. The Morgan fingerprint density at radius 3 is 1.55 bits per heavy atom. The van der Waals surface area contributed by atoms with Crippen LogP contribution >= 0.6 is 0 Å². The van der Waals surface area contributed by atoms with Gasteiger partial charge in [-0.25, -0.2) is 0 Å². The molecular formula is C19H17N3. The van der Waals surface area contributed by atoms with Gasteiger partial charge in [-0.1, -0.05) is 60.7 Å². The van der Waals surface area contributed by atoms with Gasteiger partial charge in [-0.3, -0.25) is 4.90 Å². The first-order valence-corrected chi connectivity index (χ1v) is 7.51. The minimum absolute atomic E-state index is 0.0563. The predicted octanol–water partition coefficient (Wildman–Crippen LogP) is 3.66. The normalized spacial score (nSPS) is 21.4. The number of likely N-dealkylation sites (tertiary alicyclic amines) is 1. The second kappa shape index (κ2) is 6.43. The summed E-state index contributed by atoms with van der Waals surface area (Å²) >= 11 is 0. The molecule has 0 bridgehead atoms. The zero-order chi connectivity index (χ0) is 15.4. The average molecular weight is 287 g/mol. The second-order valence-corrected chi connectivity index (χ2v) is 5.54. The van der Waals surface area contributed by atoms with Crippen LogP contribution in [-0.4, -0.2) is 17.0 Å². The van der Waals surface area contributed by atoms with Crippen LogP contribution < -0.4 is 0 Å². The fraction of sp³-hybridized carbons (Fsp3) is 0.263. The highest BCUT2D eigenvalue weighted by atomic mass is 15.2. The highest BCUT2D eigenvalue weighted by molar-refractivity contribution is 5.34. The maximum absolute atomic E-state index is 9.49. The zero-order valence-corrected chi connectivity index (χ0v) is 12.3. The maximum atomic E-state index is 9.49. The third-order valence-electron chi connectivity index (χ3n) is 4.26. The molecule has 22 heavy (non-hydrogen) atoms. The van der Waals surface area contributed by atoms with E-state index in [1.165, 1.54) is 0 Å². The van der Waals surface area contributed by atoms with E-state index in [9.17, 15) is 10.5 Å². The van der Waals surface area contributed by atoms with Gasteiger partial charge in [0.1, 0.15) is 0 Å².